The van der Waals surface area contributed by atoms with E-state index in [0.29, 0.717) is 5.82 Å². The number of nitrogens with zero attached hydrogens (tertiary/aromatic N) is 2. The zero-order chi connectivity index (χ0) is 10.2. The molecule has 4 nitrogen and oxygen atoms in total. The van der Waals surface area contributed by atoms with Gasteiger partial charge in [0.05, 0.1) is 0 Å². The molecule has 1 aliphatic rings. The van der Waals surface area contributed by atoms with Crippen LogP contribution in [0.1, 0.15) is 24.6 Å². The third kappa shape index (κ3) is 2.36. The van der Waals surface area contributed by atoms with E-state index in [1.165, 1.54) is 0 Å². The fourth-order valence-corrected chi connectivity index (χ4v) is 0.990. The zero-order valence-electron chi connectivity index (χ0n) is 7.14. The van der Waals surface area contributed by atoms with Crippen molar-refractivity contribution in [3.05, 3.63) is 5.82 Å². The molecule has 1 heterocycles. The SMILES string of the molecule is FC(F)(F)CNc1nc(C2CC2)no1. The van der Waals surface area contributed by atoms with Crippen LogP contribution in [0.25, 0.3) is 0 Å². The Balaban J connectivity index is 1.90. The molecular weight excluding hydrogens is 199 g/mol. The third-order valence-electron chi connectivity index (χ3n) is 1.82. The minimum atomic E-state index is -4.27. The molecule has 0 bridgehead atoms. The second kappa shape index (κ2) is 3.14. The Kier molecular flexibility index (Phi) is 2.09. The summed E-state index contributed by atoms with van der Waals surface area (Å²) in [6, 6.07) is -0.163. The van der Waals surface area contributed by atoms with Gasteiger partial charge in [-0.2, -0.15) is 18.2 Å². The van der Waals surface area contributed by atoms with E-state index in [1.807, 2.05) is 5.32 Å². The lowest BCUT2D eigenvalue weighted by molar-refractivity contribution is -0.115. The Labute approximate surface area is 77.5 Å². The van der Waals surface area contributed by atoms with Crippen LogP contribution in [0.4, 0.5) is 19.2 Å². The summed E-state index contributed by atoms with van der Waals surface area (Å²) in [5.41, 5.74) is 0. The Hall–Kier alpha value is -1.27. The average Bonchev–Trinajstić information content (AvgIpc) is 2.81. The Morgan fingerprint density at radius 3 is 2.71 bits per heavy atom. The van der Waals surface area contributed by atoms with E-state index in [9.17, 15) is 13.2 Å². The van der Waals surface area contributed by atoms with Crippen molar-refractivity contribution in [3.8, 4) is 0 Å². The van der Waals surface area contributed by atoms with E-state index in [2.05, 4.69) is 14.7 Å². The van der Waals surface area contributed by atoms with Gasteiger partial charge < -0.3 is 9.84 Å². The molecule has 0 saturated heterocycles. The molecule has 1 aromatic rings. The Bertz CT molecular complexity index is 318. The molecule has 0 unspecified atom stereocenters. The highest BCUT2D eigenvalue weighted by Crippen LogP contribution is 2.38. The lowest BCUT2D eigenvalue weighted by atomic mass is 10.4. The van der Waals surface area contributed by atoms with Gasteiger partial charge in [0.1, 0.15) is 6.54 Å². The number of aromatic nitrogens is 2. The summed E-state index contributed by atoms with van der Waals surface area (Å²) in [5, 5.41) is 5.59. The molecule has 1 aromatic heterocycles. The fourth-order valence-electron chi connectivity index (χ4n) is 0.990. The van der Waals surface area contributed by atoms with E-state index in [-0.39, 0.29) is 11.9 Å². The van der Waals surface area contributed by atoms with Crippen LogP contribution in [0.15, 0.2) is 4.52 Å². The molecule has 78 valence electrons. The topological polar surface area (TPSA) is 51.0 Å². The Morgan fingerprint density at radius 1 is 1.43 bits per heavy atom. The largest absolute Gasteiger partial charge is 0.405 e. The number of alkyl halides is 3. The second-order valence-electron chi connectivity index (χ2n) is 3.20. The summed E-state index contributed by atoms with van der Waals surface area (Å²) >= 11 is 0. The molecule has 7 heteroatoms. The maximum Gasteiger partial charge on any atom is 0.405 e. The predicted octanol–water partition coefficient (Wildman–Crippen LogP) is 1.92. The van der Waals surface area contributed by atoms with Gasteiger partial charge in [-0.3, -0.25) is 0 Å². The van der Waals surface area contributed by atoms with Gasteiger partial charge in [-0.1, -0.05) is 5.16 Å². The molecule has 1 fully saturated rings. The van der Waals surface area contributed by atoms with Crippen LogP contribution < -0.4 is 5.32 Å². The second-order valence-corrected chi connectivity index (χ2v) is 3.20. The van der Waals surface area contributed by atoms with Crippen molar-refractivity contribution >= 4 is 6.01 Å². The van der Waals surface area contributed by atoms with Crippen LogP contribution in [0.3, 0.4) is 0 Å². The third-order valence-corrected chi connectivity index (χ3v) is 1.82. The maximum absolute atomic E-state index is 11.8. The number of anilines is 1. The molecule has 1 saturated carbocycles. The highest BCUT2D eigenvalue weighted by atomic mass is 19.4. The number of nitrogens with one attached hydrogen (secondary N) is 1. The molecule has 0 aromatic carbocycles. The molecular formula is C7H8F3N3O. The van der Waals surface area contributed by atoms with E-state index in [1.54, 1.807) is 0 Å². The summed E-state index contributed by atoms with van der Waals surface area (Å²) in [5.74, 6) is 0.773. The predicted molar refractivity (Wildman–Crippen MR) is 40.8 cm³/mol. The molecule has 1 aliphatic carbocycles. The summed E-state index contributed by atoms with van der Waals surface area (Å²) in [6.07, 6.45) is -2.30. The van der Waals surface area contributed by atoms with Crippen molar-refractivity contribution in [2.24, 2.45) is 0 Å². The van der Waals surface area contributed by atoms with E-state index >= 15 is 0 Å². The van der Waals surface area contributed by atoms with Crippen LogP contribution in [-0.4, -0.2) is 22.9 Å². The lowest BCUT2D eigenvalue weighted by Crippen LogP contribution is -2.21. The lowest BCUT2D eigenvalue weighted by Gasteiger charge is -2.04. The normalized spacial score (nSPS) is 17.1. The summed E-state index contributed by atoms with van der Waals surface area (Å²) in [7, 11) is 0. The molecule has 0 radical (unpaired) electrons. The number of hydrogen-bond acceptors (Lipinski definition) is 4. The first-order chi connectivity index (χ1) is 6.54. The van der Waals surface area contributed by atoms with Gasteiger partial charge in [-0.15, -0.1) is 0 Å². The van der Waals surface area contributed by atoms with E-state index < -0.39 is 12.7 Å². The molecule has 0 atom stereocenters. The molecule has 1 N–H and O–H groups in total. The summed E-state index contributed by atoms with van der Waals surface area (Å²) < 4.78 is 39.9. The Morgan fingerprint density at radius 2 is 2.14 bits per heavy atom. The first-order valence-electron chi connectivity index (χ1n) is 4.19. The van der Waals surface area contributed by atoms with Crippen molar-refractivity contribution in [3.63, 3.8) is 0 Å². The van der Waals surface area contributed by atoms with Crippen molar-refractivity contribution < 1.29 is 17.7 Å². The quantitative estimate of drug-likeness (QED) is 0.822. The molecule has 0 aliphatic heterocycles. The van der Waals surface area contributed by atoms with Gasteiger partial charge in [0.15, 0.2) is 5.82 Å². The minimum Gasteiger partial charge on any atom is -0.329 e. The van der Waals surface area contributed by atoms with Crippen LogP contribution in [0.5, 0.6) is 0 Å². The molecule has 0 amide bonds. The summed E-state index contributed by atoms with van der Waals surface area (Å²) in [4.78, 5) is 3.79. The van der Waals surface area contributed by atoms with Crippen molar-refractivity contribution in [1.29, 1.82) is 0 Å². The van der Waals surface area contributed by atoms with Gasteiger partial charge >= 0.3 is 12.2 Å². The zero-order valence-corrected chi connectivity index (χ0v) is 7.14. The van der Waals surface area contributed by atoms with Gasteiger partial charge in [-0.25, -0.2) is 0 Å². The number of rotatable bonds is 3. The first kappa shape index (κ1) is 9.29. The number of hydrogen-bond donors (Lipinski definition) is 1. The van der Waals surface area contributed by atoms with E-state index in [4.69, 9.17) is 0 Å². The van der Waals surface area contributed by atoms with Crippen LogP contribution in [-0.2, 0) is 0 Å². The van der Waals surface area contributed by atoms with Crippen molar-refractivity contribution in [2.75, 3.05) is 11.9 Å². The van der Waals surface area contributed by atoms with Crippen molar-refractivity contribution in [1.82, 2.24) is 10.1 Å². The van der Waals surface area contributed by atoms with Crippen LogP contribution in [0, 0.1) is 0 Å². The smallest absolute Gasteiger partial charge is 0.329 e. The summed E-state index contributed by atoms with van der Waals surface area (Å²) in [6.45, 7) is -1.15. The molecule has 14 heavy (non-hydrogen) atoms. The van der Waals surface area contributed by atoms with Gasteiger partial charge in [0.2, 0.25) is 0 Å². The highest BCUT2D eigenvalue weighted by molar-refractivity contribution is 5.20. The standard InChI is InChI=1S/C7H8F3N3O/c8-7(9,10)3-11-6-12-5(13-14-6)4-1-2-4/h4H,1-3H2,(H,11,12,13). The number of halogens is 3. The van der Waals surface area contributed by atoms with Crippen LogP contribution in [0.2, 0.25) is 0 Å². The minimum absolute atomic E-state index is 0.163. The first-order valence-corrected chi connectivity index (χ1v) is 4.19. The van der Waals surface area contributed by atoms with Gasteiger partial charge in [0.25, 0.3) is 0 Å². The van der Waals surface area contributed by atoms with Gasteiger partial charge in [0, 0.05) is 5.92 Å². The van der Waals surface area contributed by atoms with Crippen LogP contribution >= 0.6 is 0 Å². The average molecular weight is 207 g/mol. The van der Waals surface area contributed by atoms with Gasteiger partial charge in [-0.05, 0) is 12.8 Å². The maximum atomic E-state index is 11.8. The van der Waals surface area contributed by atoms with E-state index in [0.717, 1.165) is 12.8 Å². The van der Waals surface area contributed by atoms with Crippen molar-refractivity contribution in [2.45, 2.75) is 24.9 Å². The molecule has 0 spiro atoms. The monoisotopic (exact) mass is 207 g/mol. The molecule has 2 rings (SSSR count). The fraction of sp³-hybridized carbons (Fsp3) is 0.714. The highest BCUT2D eigenvalue weighted by Gasteiger charge is 2.30.